The lowest BCUT2D eigenvalue weighted by Crippen LogP contribution is -2.46. The third kappa shape index (κ3) is 5.77. The standard InChI is InChI=1S/C17H24FN3O4S/c1-3-21(15-8-9-26(24,25)12-15)17(23)11-20(2)10-16(22)19-14-6-4-13(18)5-7-14/h4-7,15H,3,8-12H2,1-2H3,(H,19,22)/t15-/m0/s1. The molecule has 1 aliphatic rings. The number of likely N-dealkylation sites (N-methyl/N-ethyl adjacent to an activating group) is 2. The number of rotatable bonds is 7. The number of carbonyl (C=O) groups is 2. The van der Waals surface area contributed by atoms with Crippen molar-refractivity contribution < 1.29 is 22.4 Å². The summed E-state index contributed by atoms with van der Waals surface area (Å²) >= 11 is 0. The summed E-state index contributed by atoms with van der Waals surface area (Å²) in [7, 11) is -1.43. The Morgan fingerprint density at radius 2 is 1.88 bits per heavy atom. The highest BCUT2D eigenvalue weighted by atomic mass is 32.2. The van der Waals surface area contributed by atoms with Crippen molar-refractivity contribution in [1.82, 2.24) is 9.80 Å². The highest BCUT2D eigenvalue weighted by Crippen LogP contribution is 2.18. The van der Waals surface area contributed by atoms with Crippen LogP contribution in [0, 0.1) is 5.82 Å². The first kappa shape index (κ1) is 20.3. The molecule has 0 aromatic heterocycles. The SMILES string of the molecule is CCN(C(=O)CN(C)CC(=O)Nc1ccc(F)cc1)[C@H]1CCS(=O)(=O)C1. The first-order valence-corrected chi connectivity index (χ1v) is 10.3. The van der Waals surface area contributed by atoms with Crippen LogP contribution in [0.1, 0.15) is 13.3 Å². The molecular formula is C17H24FN3O4S. The molecule has 9 heteroatoms. The molecule has 1 fully saturated rings. The van der Waals surface area contributed by atoms with Crippen LogP contribution in [0.3, 0.4) is 0 Å². The Kier molecular flexibility index (Phi) is 6.71. The van der Waals surface area contributed by atoms with Gasteiger partial charge in [0.1, 0.15) is 5.82 Å². The van der Waals surface area contributed by atoms with E-state index in [0.29, 0.717) is 18.7 Å². The molecule has 2 amide bonds. The minimum atomic E-state index is -3.07. The van der Waals surface area contributed by atoms with E-state index in [1.807, 2.05) is 6.92 Å². The zero-order chi connectivity index (χ0) is 19.3. The summed E-state index contributed by atoms with van der Waals surface area (Å²) in [5.74, 6) is -0.803. The number of amides is 2. The minimum absolute atomic E-state index is 0.00134. The molecule has 0 unspecified atom stereocenters. The van der Waals surface area contributed by atoms with Gasteiger partial charge in [-0.25, -0.2) is 12.8 Å². The first-order chi connectivity index (χ1) is 12.2. The number of sulfone groups is 1. The van der Waals surface area contributed by atoms with Gasteiger partial charge in [0.05, 0.1) is 24.6 Å². The lowest BCUT2D eigenvalue weighted by atomic mass is 10.2. The molecule has 1 atom stereocenters. The fourth-order valence-electron chi connectivity index (χ4n) is 3.02. The molecule has 26 heavy (non-hydrogen) atoms. The van der Waals surface area contributed by atoms with Gasteiger partial charge in [-0.15, -0.1) is 0 Å². The third-order valence-electron chi connectivity index (χ3n) is 4.26. The van der Waals surface area contributed by atoms with Crippen LogP contribution in [-0.2, 0) is 19.4 Å². The average molecular weight is 385 g/mol. The summed E-state index contributed by atoms with van der Waals surface area (Å²) < 4.78 is 36.1. The second-order valence-corrected chi connectivity index (χ2v) is 8.69. The topological polar surface area (TPSA) is 86.8 Å². The summed E-state index contributed by atoms with van der Waals surface area (Å²) in [4.78, 5) is 27.6. The van der Waals surface area contributed by atoms with Gasteiger partial charge in [0.25, 0.3) is 0 Å². The van der Waals surface area contributed by atoms with Crippen molar-refractivity contribution in [2.24, 2.45) is 0 Å². The molecule has 1 saturated heterocycles. The van der Waals surface area contributed by atoms with Crippen molar-refractivity contribution in [2.45, 2.75) is 19.4 Å². The maximum Gasteiger partial charge on any atom is 0.238 e. The number of halogens is 1. The molecule has 0 aliphatic carbocycles. The van der Waals surface area contributed by atoms with Crippen LogP contribution in [0.2, 0.25) is 0 Å². The van der Waals surface area contributed by atoms with E-state index in [0.717, 1.165) is 0 Å². The molecule has 0 saturated carbocycles. The molecule has 7 nitrogen and oxygen atoms in total. The monoisotopic (exact) mass is 385 g/mol. The van der Waals surface area contributed by atoms with E-state index in [9.17, 15) is 22.4 Å². The molecule has 144 valence electrons. The zero-order valence-corrected chi connectivity index (χ0v) is 15.8. The van der Waals surface area contributed by atoms with Crippen molar-refractivity contribution >= 4 is 27.3 Å². The van der Waals surface area contributed by atoms with Crippen LogP contribution in [0.25, 0.3) is 0 Å². The Hall–Kier alpha value is -2.00. The lowest BCUT2D eigenvalue weighted by molar-refractivity contribution is -0.134. The predicted octanol–water partition coefficient (Wildman–Crippen LogP) is 0.732. The van der Waals surface area contributed by atoms with Gasteiger partial charge >= 0.3 is 0 Å². The summed E-state index contributed by atoms with van der Waals surface area (Å²) in [6, 6.07) is 5.11. The molecule has 2 rings (SSSR count). The van der Waals surface area contributed by atoms with Crippen molar-refractivity contribution in [3.05, 3.63) is 30.1 Å². The Labute approximate surface area is 153 Å². The Morgan fingerprint density at radius 3 is 2.42 bits per heavy atom. The van der Waals surface area contributed by atoms with Gasteiger partial charge in [-0.2, -0.15) is 0 Å². The van der Waals surface area contributed by atoms with E-state index >= 15 is 0 Å². The third-order valence-corrected chi connectivity index (χ3v) is 6.01. The molecule has 1 aromatic carbocycles. The zero-order valence-electron chi connectivity index (χ0n) is 14.9. The van der Waals surface area contributed by atoms with E-state index in [-0.39, 0.29) is 48.3 Å². The van der Waals surface area contributed by atoms with Crippen LogP contribution in [-0.4, -0.2) is 74.3 Å². The molecule has 1 aromatic rings. The van der Waals surface area contributed by atoms with Crippen LogP contribution in [0.15, 0.2) is 24.3 Å². The van der Waals surface area contributed by atoms with E-state index in [1.165, 1.54) is 24.3 Å². The summed E-state index contributed by atoms with van der Waals surface area (Å²) in [6.45, 7) is 2.24. The fourth-order valence-corrected chi connectivity index (χ4v) is 4.75. The number of hydrogen-bond acceptors (Lipinski definition) is 5. The number of nitrogens with zero attached hydrogens (tertiary/aromatic N) is 2. The molecule has 1 heterocycles. The molecule has 0 spiro atoms. The van der Waals surface area contributed by atoms with Crippen molar-refractivity contribution in [1.29, 1.82) is 0 Å². The Morgan fingerprint density at radius 1 is 1.23 bits per heavy atom. The number of benzene rings is 1. The molecule has 0 radical (unpaired) electrons. The van der Waals surface area contributed by atoms with E-state index in [2.05, 4.69) is 5.32 Å². The fraction of sp³-hybridized carbons (Fsp3) is 0.529. The highest BCUT2D eigenvalue weighted by Gasteiger charge is 2.34. The van der Waals surface area contributed by atoms with Crippen LogP contribution in [0.4, 0.5) is 10.1 Å². The van der Waals surface area contributed by atoms with Gasteiger partial charge in [0.15, 0.2) is 9.84 Å². The largest absolute Gasteiger partial charge is 0.338 e. The number of nitrogens with one attached hydrogen (secondary N) is 1. The lowest BCUT2D eigenvalue weighted by Gasteiger charge is -2.28. The maximum absolute atomic E-state index is 12.9. The Bertz CT molecular complexity index is 752. The molecule has 0 bridgehead atoms. The van der Waals surface area contributed by atoms with Crippen LogP contribution in [0.5, 0.6) is 0 Å². The van der Waals surface area contributed by atoms with Gasteiger partial charge in [0, 0.05) is 18.3 Å². The van der Waals surface area contributed by atoms with Gasteiger partial charge in [-0.05, 0) is 44.7 Å². The summed E-state index contributed by atoms with van der Waals surface area (Å²) in [6.07, 6.45) is 0.455. The van der Waals surface area contributed by atoms with Crippen LogP contribution >= 0.6 is 0 Å². The highest BCUT2D eigenvalue weighted by molar-refractivity contribution is 7.91. The Balaban J connectivity index is 1.85. The quantitative estimate of drug-likeness (QED) is 0.748. The number of hydrogen-bond donors (Lipinski definition) is 1. The van der Waals surface area contributed by atoms with Crippen molar-refractivity contribution in [3.63, 3.8) is 0 Å². The van der Waals surface area contributed by atoms with Crippen molar-refractivity contribution in [2.75, 3.05) is 43.5 Å². The van der Waals surface area contributed by atoms with Crippen LogP contribution < -0.4 is 5.32 Å². The maximum atomic E-state index is 12.9. The second kappa shape index (κ2) is 8.59. The average Bonchev–Trinajstić information content (AvgIpc) is 2.89. The number of anilines is 1. The van der Waals surface area contributed by atoms with E-state index < -0.39 is 9.84 Å². The molecule has 1 aliphatic heterocycles. The van der Waals surface area contributed by atoms with Gasteiger partial charge in [-0.1, -0.05) is 0 Å². The second-order valence-electron chi connectivity index (χ2n) is 6.46. The smallest absolute Gasteiger partial charge is 0.238 e. The summed E-state index contributed by atoms with van der Waals surface area (Å²) in [5.41, 5.74) is 0.475. The predicted molar refractivity (Wildman–Crippen MR) is 97.0 cm³/mol. The minimum Gasteiger partial charge on any atom is -0.338 e. The summed E-state index contributed by atoms with van der Waals surface area (Å²) in [5, 5.41) is 2.63. The van der Waals surface area contributed by atoms with Gasteiger partial charge < -0.3 is 10.2 Å². The van der Waals surface area contributed by atoms with E-state index in [1.54, 1.807) is 16.8 Å². The van der Waals surface area contributed by atoms with E-state index in [4.69, 9.17) is 0 Å². The van der Waals surface area contributed by atoms with Gasteiger partial charge in [0.2, 0.25) is 11.8 Å². The van der Waals surface area contributed by atoms with Crippen molar-refractivity contribution in [3.8, 4) is 0 Å². The van der Waals surface area contributed by atoms with Gasteiger partial charge in [-0.3, -0.25) is 14.5 Å². The molecular weight excluding hydrogens is 361 g/mol. The number of carbonyl (C=O) groups excluding carboxylic acids is 2. The first-order valence-electron chi connectivity index (χ1n) is 8.44. The molecule has 1 N–H and O–H groups in total. The normalized spacial score (nSPS) is 18.7.